The van der Waals surface area contributed by atoms with Crippen LogP contribution in [0.3, 0.4) is 0 Å². The molecule has 0 saturated carbocycles. The number of aromatic nitrogens is 2. The first-order valence-corrected chi connectivity index (χ1v) is 11.9. The van der Waals surface area contributed by atoms with Gasteiger partial charge in [-0.25, -0.2) is 14.8 Å². The Labute approximate surface area is 202 Å². The maximum absolute atomic E-state index is 12.7. The average Bonchev–Trinajstić information content (AvgIpc) is 3.17. The zero-order chi connectivity index (χ0) is 23.8. The van der Waals surface area contributed by atoms with Crippen LogP contribution in [-0.4, -0.2) is 50.8 Å². The van der Waals surface area contributed by atoms with Gasteiger partial charge in [0.05, 0.1) is 11.1 Å². The Balaban J connectivity index is 1.68. The third-order valence-corrected chi connectivity index (χ3v) is 6.24. The van der Waals surface area contributed by atoms with Gasteiger partial charge in [0.1, 0.15) is 17.2 Å². The van der Waals surface area contributed by atoms with E-state index in [9.17, 15) is 9.90 Å². The first kappa shape index (κ1) is 23.3. The average molecular weight is 513 g/mol. The van der Waals surface area contributed by atoms with Gasteiger partial charge >= 0.3 is 6.09 Å². The summed E-state index contributed by atoms with van der Waals surface area (Å²) in [5.41, 5.74) is 0.792. The lowest BCUT2D eigenvalue weighted by molar-refractivity contribution is 0.0287. The number of aromatic hydroxyl groups is 1. The van der Waals surface area contributed by atoms with Gasteiger partial charge in [0.25, 0.3) is 0 Å². The lowest BCUT2D eigenvalue weighted by Gasteiger charge is -2.24. The first-order valence-electron chi connectivity index (χ1n) is 11.1. The zero-order valence-corrected chi connectivity index (χ0v) is 20.9. The number of amides is 1. The largest absolute Gasteiger partial charge is 0.507 e. The van der Waals surface area contributed by atoms with Crippen molar-refractivity contribution in [2.75, 3.05) is 18.4 Å². The molecule has 1 aromatic heterocycles. The monoisotopic (exact) mass is 512 g/mol. The second-order valence-corrected chi connectivity index (χ2v) is 10.3. The summed E-state index contributed by atoms with van der Waals surface area (Å²) in [6.45, 7) is 8.91. The molecule has 1 saturated heterocycles. The second-order valence-electron chi connectivity index (χ2n) is 9.38. The summed E-state index contributed by atoms with van der Waals surface area (Å²) >= 11 is 3.46. The third kappa shape index (κ3) is 5.21. The molecule has 2 aromatic carbocycles. The molecular weight excluding hydrogens is 484 g/mol. The van der Waals surface area contributed by atoms with E-state index in [0.29, 0.717) is 30.3 Å². The molecule has 1 fully saturated rings. The van der Waals surface area contributed by atoms with Crippen LogP contribution in [0.5, 0.6) is 5.75 Å². The highest BCUT2D eigenvalue weighted by molar-refractivity contribution is 9.10. The van der Waals surface area contributed by atoms with E-state index in [2.05, 4.69) is 33.2 Å². The van der Waals surface area contributed by atoms with E-state index in [4.69, 9.17) is 9.72 Å². The molecular formula is C25H29BrN4O3. The molecule has 174 valence electrons. The van der Waals surface area contributed by atoms with E-state index in [0.717, 1.165) is 21.8 Å². The first-order chi connectivity index (χ1) is 15.6. The smallest absolute Gasteiger partial charge is 0.410 e. The summed E-state index contributed by atoms with van der Waals surface area (Å²) < 4.78 is 6.42. The SMILES string of the molecule is CC[C@@H]1CN(C(=O)OC(C)(C)C)C[C@H]1Nc1nc(-c2cc(Br)ccc2O)nc2ccccc12. The Morgan fingerprint density at radius 3 is 2.70 bits per heavy atom. The topological polar surface area (TPSA) is 87.6 Å². The second kappa shape index (κ2) is 9.17. The minimum atomic E-state index is -0.534. The van der Waals surface area contributed by atoms with Gasteiger partial charge in [-0.05, 0) is 63.4 Å². The van der Waals surface area contributed by atoms with E-state index >= 15 is 0 Å². The predicted octanol–water partition coefficient (Wildman–Crippen LogP) is 5.82. The van der Waals surface area contributed by atoms with Gasteiger partial charge in [-0.3, -0.25) is 0 Å². The van der Waals surface area contributed by atoms with E-state index in [1.54, 1.807) is 23.1 Å². The van der Waals surface area contributed by atoms with Gasteiger partial charge in [-0.15, -0.1) is 0 Å². The Morgan fingerprint density at radius 2 is 1.97 bits per heavy atom. The van der Waals surface area contributed by atoms with Crippen molar-refractivity contribution in [3.05, 3.63) is 46.9 Å². The molecule has 4 rings (SSSR count). The maximum Gasteiger partial charge on any atom is 0.410 e. The third-order valence-electron chi connectivity index (χ3n) is 5.74. The molecule has 1 amide bonds. The van der Waals surface area contributed by atoms with Crippen molar-refractivity contribution in [2.45, 2.75) is 45.8 Å². The van der Waals surface area contributed by atoms with Crippen LogP contribution in [0.4, 0.5) is 10.6 Å². The fourth-order valence-electron chi connectivity index (χ4n) is 4.09. The molecule has 0 bridgehead atoms. The van der Waals surface area contributed by atoms with Gasteiger partial charge in [0.15, 0.2) is 5.82 Å². The summed E-state index contributed by atoms with van der Waals surface area (Å²) in [4.78, 5) is 23.9. The number of nitrogens with zero attached hydrogens (tertiary/aromatic N) is 3. The van der Waals surface area contributed by atoms with Crippen molar-refractivity contribution in [2.24, 2.45) is 5.92 Å². The van der Waals surface area contributed by atoms with E-state index < -0.39 is 5.60 Å². The minimum absolute atomic E-state index is 0.0183. The minimum Gasteiger partial charge on any atom is -0.507 e. The number of carbonyl (C=O) groups excluding carboxylic acids is 1. The molecule has 1 aliphatic rings. The van der Waals surface area contributed by atoms with Crippen LogP contribution in [0.15, 0.2) is 46.9 Å². The number of hydrogen-bond donors (Lipinski definition) is 2. The number of para-hydroxylation sites is 1. The number of fused-ring (bicyclic) bond motifs is 1. The van der Waals surface area contributed by atoms with Gasteiger partial charge in [-0.1, -0.05) is 35.0 Å². The number of rotatable bonds is 4. The van der Waals surface area contributed by atoms with Crippen LogP contribution in [0.2, 0.25) is 0 Å². The number of phenolic OH excluding ortho intramolecular Hbond substituents is 1. The van der Waals surface area contributed by atoms with Crippen LogP contribution < -0.4 is 5.32 Å². The number of phenols is 1. The maximum atomic E-state index is 12.7. The molecule has 7 nitrogen and oxygen atoms in total. The molecule has 2 N–H and O–H groups in total. The quantitative estimate of drug-likeness (QED) is 0.457. The van der Waals surface area contributed by atoms with Crippen LogP contribution in [0.1, 0.15) is 34.1 Å². The number of ether oxygens (including phenoxy) is 1. The van der Waals surface area contributed by atoms with Crippen LogP contribution in [0.25, 0.3) is 22.3 Å². The lowest BCUT2D eigenvalue weighted by atomic mass is 10.0. The van der Waals surface area contributed by atoms with Crippen LogP contribution >= 0.6 is 15.9 Å². The van der Waals surface area contributed by atoms with Gasteiger partial charge < -0.3 is 20.1 Å². The number of likely N-dealkylation sites (tertiary alicyclic amines) is 1. The normalized spacial score (nSPS) is 18.5. The molecule has 3 aromatic rings. The Kier molecular flexibility index (Phi) is 6.47. The molecule has 0 radical (unpaired) electrons. The van der Waals surface area contributed by atoms with Crippen molar-refractivity contribution < 1.29 is 14.6 Å². The van der Waals surface area contributed by atoms with E-state index in [1.165, 1.54) is 0 Å². The lowest BCUT2D eigenvalue weighted by Crippen LogP contribution is -2.36. The summed E-state index contributed by atoms with van der Waals surface area (Å²) in [7, 11) is 0. The summed E-state index contributed by atoms with van der Waals surface area (Å²) in [6.07, 6.45) is 0.622. The van der Waals surface area contributed by atoms with Crippen molar-refractivity contribution in [1.82, 2.24) is 14.9 Å². The summed E-state index contributed by atoms with van der Waals surface area (Å²) in [6, 6.07) is 13.0. The number of halogens is 1. The molecule has 1 aliphatic heterocycles. The number of hydrogen-bond acceptors (Lipinski definition) is 6. The Bertz CT molecular complexity index is 1180. The predicted molar refractivity (Wildman–Crippen MR) is 133 cm³/mol. The number of anilines is 1. The molecule has 33 heavy (non-hydrogen) atoms. The number of benzene rings is 2. The van der Waals surface area contributed by atoms with Gasteiger partial charge in [-0.2, -0.15) is 0 Å². The molecule has 2 heterocycles. The van der Waals surface area contributed by atoms with Crippen molar-refractivity contribution in [3.8, 4) is 17.1 Å². The van der Waals surface area contributed by atoms with Crippen molar-refractivity contribution >= 4 is 38.7 Å². The molecule has 8 heteroatoms. The number of carbonyl (C=O) groups is 1. The molecule has 0 aliphatic carbocycles. The van der Waals surface area contributed by atoms with Crippen molar-refractivity contribution in [3.63, 3.8) is 0 Å². The molecule has 0 spiro atoms. The summed E-state index contributed by atoms with van der Waals surface area (Å²) in [5, 5.41) is 14.9. The molecule has 2 atom stereocenters. The molecule has 0 unspecified atom stereocenters. The standard InChI is InChI=1S/C25H29BrN4O3/c1-5-15-13-30(24(32)33-25(2,3)4)14-20(15)28-22-17-8-6-7-9-19(17)27-23(29-22)18-12-16(26)10-11-21(18)31/h6-12,15,20,31H,5,13-14H2,1-4H3,(H,27,28,29)/t15-,20-/m1/s1. The zero-order valence-electron chi connectivity index (χ0n) is 19.3. The van der Waals surface area contributed by atoms with Crippen molar-refractivity contribution in [1.29, 1.82) is 0 Å². The Morgan fingerprint density at radius 1 is 1.21 bits per heavy atom. The highest BCUT2D eigenvalue weighted by atomic mass is 79.9. The highest BCUT2D eigenvalue weighted by Crippen LogP contribution is 2.33. The highest BCUT2D eigenvalue weighted by Gasteiger charge is 2.36. The Hall–Kier alpha value is -2.87. The van der Waals surface area contributed by atoms with E-state index in [-0.39, 0.29) is 23.8 Å². The fourth-order valence-corrected chi connectivity index (χ4v) is 4.46. The van der Waals surface area contributed by atoms with Gasteiger partial charge in [0.2, 0.25) is 0 Å². The summed E-state index contributed by atoms with van der Waals surface area (Å²) in [5.74, 6) is 1.49. The number of nitrogens with one attached hydrogen (secondary N) is 1. The fraction of sp³-hybridized carbons (Fsp3) is 0.400. The van der Waals surface area contributed by atoms with Crippen LogP contribution in [0, 0.1) is 5.92 Å². The van der Waals surface area contributed by atoms with Crippen LogP contribution in [-0.2, 0) is 4.74 Å². The van der Waals surface area contributed by atoms with E-state index in [1.807, 2.05) is 45.0 Å². The van der Waals surface area contributed by atoms with Gasteiger partial charge in [0, 0.05) is 29.0 Å².